The smallest absolute Gasteiger partial charge is 0.320 e. The van der Waals surface area contributed by atoms with Gasteiger partial charge < -0.3 is 29.8 Å². The van der Waals surface area contributed by atoms with Crippen LogP contribution in [0, 0.1) is 10.8 Å². The first-order chi connectivity index (χ1) is 23.2. The molecule has 3 atom stereocenters. The highest BCUT2D eigenvalue weighted by Gasteiger charge is 2.30. The molecule has 6 rings (SSSR count). The number of amidine groups is 1. The van der Waals surface area contributed by atoms with E-state index in [4.69, 9.17) is 24.6 Å². The highest BCUT2D eigenvalue weighted by Crippen LogP contribution is 2.39. The van der Waals surface area contributed by atoms with E-state index < -0.39 is 0 Å². The Balaban J connectivity index is 1.13. The number of hydrogen-bond acceptors (Lipinski definition) is 10. The molecule has 0 spiro atoms. The van der Waals surface area contributed by atoms with Crippen LogP contribution in [0.15, 0.2) is 47.6 Å². The monoisotopic (exact) mass is 659 g/mol. The summed E-state index contributed by atoms with van der Waals surface area (Å²) in [6.45, 7) is 14.8. The molecule has 1 aromatic carbocycles. The van der Waals surface area contributed by atoms with Crippen molar-refractivity contribution in [3.63, 3.8) is 0 Å². The second kappa shape index (κ2) is 15.0. The number of morpholine rings is 2. The Hall–Kier alpha value is -4.07. The number of rotatable bonds is 9. The number of nitrogens with zero attached hydrogens (tertiary/aromatic N) is 6. The topological polar surface area (TPSA) is 142 Å². The number of amides is 2. The van der Waals surface area contributed by atoms with Gasteiger partial charge in [-0.15, -0.1) is 10.2 Å². The van der Waals surface area contributed by atoms with Crippen molar-refractivity contribution in [3.8, 4) is 5.75 Å². The van der Waals surface area contributed by atoms with E-state index in [1.54, 1.807) is 0 Å². The zero-order chi connectivity index (χ0) is 33.7. The van der Waals surface area contributed by atoms with E-state index >= 15 is 0 Å². The van der Waals surface area contributed by atoms with E-state index in [0.29, 0.717) is 44.1 Å². The number of carbonyl (C=O) groups is 1. The molecular weight excluding hydrogens is 610 g/mol. The third-order valence-corrected chi connectivity index (χ3v) is 9.33. The summed E-state index contributed by atoms with van der Waals surface area (Å²) in [6.07, 6.45) is 3.52. The Morgan fingerprint density at radius 2 is 1.81 bits per heavy atom. The third-order valence-electron chi connectivity index (χ3n) is 9.33. The zero-order valence-corrected chi connectivity index (χ0v) is 28.6. The van der Waals surface area contributed by atoms with Gasteiger partial charge >= 0.3 is 6.03 Å². The second-order valence-corrected chi connectivity index (χ2v) is 13.9. The highest BCUT2D eigenvalue weighted by molar-refractivity contribution is 6.09. The Morgan fingerprint density at radius 1 is 1.04 bits per heavy atom. The van der Waals surface area contributed by atoms with Crippen LogP contribution in [0.4, 0.5) is 10.7 Å². The lowest BCUT2D eigenvalue weighted by molar-refractivity contribution is 0.0394. The minimum absolute atomic E-state index is 0.174. The van der Waals surface area contributed by atoms with Crippen molar-refractivity contribution in [1.82, 2.24) is 30.1 Å². The van der Waals surface area contributed by atoms with Gasteiger partial charge in [-0.2, -0.15) is 0 Å². The van der Waals surface area contributed by atoms with Gasteiger partial charge in [0.15, 0.2) is 5.65 Å². The Bertz CT molecular complexity index is 1610. The van der Waals surface area contributed by atoms with Crippen molar-refractivity contribution in [1.29, 1.82) is 5.41 Å². The van der Waals surface area contributed by atoms with Crippen molar-refractivity contribution >= 4 is 29.2 Å². The van der Waals surface area contributed by atoms with Crippen LogP contribution in [0.1, 0.15) is 70.2 Å². The molecule has 3 aliphatic rings. The molecule has 2 aromatic heterocycles. The molecule has 1 aliphatic carbocycles. The molecule has 13 nitrogen and oxygen atoms in total. The predicted molar refractivity (Wildman–Crippen MR) is 185 cm³/mol. The van der Waals surface area contributed by atoms with E-state index in [9.17, 15) is 4.79 Å². The molecule has 3 unspecified atom stereocenters. The maximum Gasteiger partial charge on any atom is 0.320 e. The van der Waals surface area contributed by atoms with Crippen molar-refractivity contribution in [3.05, 3.63) is 53.7 Å². The normalized spacial score (nSPS) is 22.3. The quantitative estimate of drug-likeness (QED) is 0.227. The maximum absolute atomic E-state index is 13.4. The molecule has 13 heteroatoms. The number of urea groups is 1. The van der Waals surface area contributed by atoms with Gasteiger partial charge in [0.25, 0.3) is 0 Å². The summed E-state index contributed by atoms with van der Waals surface area (Å²) in [5.41, 5.74) is 3.05. The van der Waals surface area contributed by atoms with Gasteiger partial charge in [0.05, 0.1) is 51.3 Å². The number of ether oxygens (including phenoxy) is 3. The number of benzene rings is 1. The molecule has 2 fully saturated rings. The molecule has 2 aliphatic heterocycles. The number of pyridine rings is 1. The average molecular weight is 660 g/mol. The standard InChI is InChI=1S/C35H49N9O4/c1-24-23-47-20-17-43(24)34-41-40-32-12-9-25(22-44(32)34)48-29-11-10-28(26-7-5-6-8-27(26)29)38-33(45)39-31(21-30(36)35(2,3)4)37-13-14-42-15-18-46-19-16-42/h5-9,12,22,24,28-29,36H,10-11,13-21,23H2,1-4H3,(H2,37,38,39,45). The van der Waals surface area contributed by atoms with Gasteiger partial charge in [-0.1, -0.05) is 45.0 Å². The van der Waals surface area contributed by atoms with Crippen LogP contribution in [0.5, 0.6) is 5.75 Å². The highest BCUT2D eigenvalue weighted by atomic mass is 16.5. The SMILES string of the molecule is CC1COCCN1c1nnc2ccc(OC3CCC(NC(=O)NC(CC(=N)C(C)(C)C)=NCCN4CCOCC4)c4ccccc43)cn12. The molecule has 2 amide bonds. The van der Waals surface area contributed by atoms with Crippen molar-refractivity contribution in [2.24, 2.45) is 10.4 Å². The van der Waals surface area contributed by atoms with E-state index in [2.05, 4.69) is 49.7 Å². The second-order valence-electron chi connectivity index (χ2n) is 13.9. The Kier molecular flexibility index (Phi) is 10.6. The number of nitrogens with one attached hydrogen (secondary N) is 3. The minimum atomic E-state index is -0.318. The van der Waals surface area contributed by atoms with Gasteiger partial charge in [0, 0.05) is 38.3 Å². The third kappa shape index (κ3) is 8.13. The van der Waals surface area contributed by atoms with Gasteiger partial charge in [-0.25, -0.2) is 4.79 Å². The molecule has 258 valence electrons. The van der Waals surface area contributed by atoms with Crippen LogP contribution < -0.4 is 20.3 Å². The van der Waals surface area contributed by atoms with Crippen LogP contribution in [0.3, 0.4) is 0 Å². The number of anilines is 1. The molecule has 4 heterocycles. The number of aliphatic imine (C=N–C) groups is 1. The molecule has 3 N–H and O–H groups in total. The molecule has 2 saturated heterocycles. The van der Waals surface area contributed by atoms with Gasteiger partial charge in [-0.05, 0) is 48.4 Å². The van der Waals surface area contributed by atoms with Crippen molar-refractivity contribution in [2.45, 2.75) is 65.1 Å². The number of aromatic nitrogens is 3. The average Bonchev–Trinajstić information content (AvgIpc) is 3.49. The van der Waals surface area contributed by atoms with Crippen LogP contribution in [0.25, 0.3) is 5.65 Å². The van der Waals surface area contributed by atoms with Gasteiger partial charge in [0.1, 0.15) is 17.7 Å². The fourth-order valence-corrected chi connectivity index (χ4v) is 6.38. The molecule has 0 saturated carbocycles. The summed E-state index contributed by atoms with van der Waals surface area (Å²) in [7, 11) is 0. The molecule has 3 aromatic rings. The lowest BCUT2D eigenvalue weighted by atomic mass is 9.85. The van der Waals surface area contributed by atoms with Gasteiger partial charge in [0.2, 0.25) is 5.95 Å². The first-order valence-corrected chi connectivity index (χ1v) is 17.1. The fraction of sp³-hybridized carbons (Fsp3) is 0.571. The van der Waals surface area contributed by atoms with Crippen molar-refractivity contribution < 1.29 is 19.0 Å². The minimum Gasteiger partial charge on any atom is -0.484 e. The molecule has 0 bridgehead atoms. The van der Waals surface area contributed by atoms with Crippen LogP contribution in [-0.4, -0.2) is 102 Å². The summed E-state index contributed by atoms with van der Waals surface area (Å²) in [5, 5.41) is 23.6. The maximum atomic E-state index is 13.4. The lowest BCUT2D eigenvalue weighted by Crippen LogP contribution is -2.44. The summed E-state index contributed by atoms with van der Waals surface area (Å²) in [4.78, 5) is 22.7. The first-order valence-electron chi connectivity index (χ1n) is 17.1. The van der Waals surface area contributed by atoms with E-state index in [-0.39, 0.29) is 29.6 Å². The largest absolute Gasteiger partial charge is 0.484 e. The number of fused-ring (bicyclic) bond motifs is 2. The number of carbonyl (C=O) groups excluding carboxylic acids is 1. The van der Waals surface area contributed by atoms with E-state index in [1.165, 1.54) is 0 Å². The summed E-state index contributed by atoms with van der Waals surface area (Å²) in [5.74, 6) is 2.03. The predicted octanol–water partition coefficient (Wildman–Crippen LogP) is 4.40. The zero-order valence-electron chi connectivity index (χ0n) is 28.6. The van der Waals surface area contributed by atoms with Crippen LogP contribution in [-0.2, 0) is 9.47 Å². The van der Waals surface area contributed by atoms with Crippen molar-refractivity contribution in [2.75, 3.05) is 64.1 Å². The van der Waals surface area contributed by atoms with Crippen LogP contribution >= 0.6 is 0 Å². The Morgan fingerprint density at radius 3 is 2.58 bits per heavy atom. The van der Waals surface area contributed by atoms with Gasteiger partial charge in [-0.3, -0.25) is 19.6 Å². The summed E-state index contributed by atoms with van der Waals surface area (Å²) < 4.78 is 19.7. The fourth-order valence-electron chi connectivity index (χ4n) is 6.38. The number of hydrogen-bond donors (Lipinski definition) is 3. The van der Waals surface area contributed by atoms with E-state index in [0.717, 1.165) is 74.3 Å². The first kappa shape index (κ1) is 33.8. The molecule has 0 radical (unpaired) electrons. The lowest BCUT2D eigenvalue weighted by Gasteiger charge is -2.33. The van der Waals surface area contributed by atoms with Crippen LogP contribution in [0.2, 0.25) is 0 Å². The van der Waals surface area contributed by atoms with E-state index in [1.807, 2.05) is 55.6 Å². The molecular formula is C35H49N9O4. The molecule has 48 heavy (non-hydrogen) atoms. The Labute approximate surface area is 282 Å². The summed E-state index contributed by atoms with van der Waals surface area (Å²) >= 11 is 0. The summed E-state index contributed by atoms with van der Waals surface area (Å²) in [6, 6.07) is 11.7.